The fourth-order valence-electron chi connectivity index (χ4n) is 2.15. The third-order valence-corrected chi connectivity index (χ3v) is 3.22. The molecule has 3 heteroatoms. The van der Waals surface area contributed by atoms with Gasteiger partial charge in [-0.25, -0.2) is 0 Å². The van der Waals surface area contributed by atoms with Gasteiger partial charge >= 0.3 is 0 Å². The first-order valence-electron chi connectivity index (χ1n) is 5.40. The van der Waals surface area contributed by atoms with Crippen LogP contribution in [-0.2, 0) is 6.54 Å². The fourth-order valence-corrected chi connectivity index (χ4v) is 2.15. The molecule has 0 atom stereocenters. The van der Waals surface area contributed by atoms with Crippen LogP contribution in [0.2, 0.25) is 0 Å². The van der Waals surface area contributed by atoms with E-state index in [1.165, 1.54) is 24.1 Å². The minimum absolute atomic E-state index is 0.735. The van der Waals surface area contributed by atoms with Gasteiger partial charge in [0.1, 0.15) is 0 Å². The van der Waals surface area contributed by atoms with Gasteiger partial charge in [0.05, 0.1) is 5.69 Å². The highest BCUT2D eigenvalue weighted by Crippen LogP contribution is 2.26. The standard InChI is InChI=1S/C11H19N3/c1-7-4-10(5-7)12-6-11-8(2)13-14-9(11)3/h7,10,12H,4-6H2,1-3H3,(H,13,14). The second kappa shape index (κ2) is 3.73. The van der Waals surface area contributed by atoms with Gasteiger partial charge in [0.25, 0.3) is 0 Å². The number of hydrogen-bond donors (Lipinski definition) is 2. The normalized spacial score (nSPS) is 26.2. The van der Waals surface area contributed by atoms with Crippen molar-refractivity contribution in [3.63, 3.8) is 0 Å². The van der Waals surface area contributed by atoms with Crippen molar-refractivity contribution in [3.8, 4) is 0 Å². The third-order valence-electron chi connectivity index (χ3n) is 3.22. The average molecular weight is 193 g/mol. The Morgan fingerprint density at radius 1 is 1.43 bits per heavy atom. The predicted octanol–water partition coefficient (Wildman–Crippen LogP) is 1.91. The van der Waals surface area contributed by atoms with Gasteiger partial charge in [-0.1, -0.05) is 6.92 Å². The maximum Gasteiger partial charge on any atom is 0.0638 e. The molecule has 2 N–H and O–H groups in total. The van der Waals surface area contributed by atoms with E-state index in [1.807, 2.05) is 0 Å². The van der Waals surface area contributed by atoms with Gasteiger partial charge in [0, 0.05) is 23.8 Å². The summed E-state index contributed by atoms with van der Waals surface area (Å²) >= 11 is 0. The maximum absolute atomic E-state index is 4.19. The highest BCUT2D eigenvalue weighted by molar-refractivity contribution is 5.22. The molecule has 0 spiro atoms. The van der Waals surface area contributed by atoms with Gasteiger partial charge in [0.15, 0.2) is 0 Å². The lowest BCUT2D eigenvalue weighted by Crippen LogP contribution is -2.39. The van der Waals surface area contributed by atoms with Crippen LogP contribution in [-0.4, -0.2) is 16.2 Å². The summed E-state index contributed by atoms with van der Waals surface area (Å²) in [6.45, 7) is 7.42. The predicted molar refractivity (Wildman–Crippen MR) is 57.1 cm³/mol. The summed E-state index contributed by atoms with van der Waals surface area (Å²) in [6.07, 6.45) is 2.66. The van der Waals surface area contributed by atoms with Gasteiger partial charge < -0.3 is 5.32 Å². The number of rotatable bonds is 3. The quantitative estimate of drug-likeness (QED) is 0.770. The van der Waals surface area contributed by atoms with Crippen molar-refractivity contribution in [2.75, 3.05) is 0 Å². The second-order valence-corrected chi connectivity index (χ2v) is 4.57. The van der Waals surface area contributed by atoms with Crippen LogP contribution >= 0.6 is 0 Å². The zero-order valence-corrected chi connectivity index (χ0v) is 9.22. The molecule has 0 bridgehead atoms. The number of aryl methyl sites for hydroxylation is 2. The molecule has 1 aromatic rings. The van der Waals surface area contributed by atoms with E-state index in [9.17, 15) is 0 Å². The fraction of sp³-hybridized carbons (Fsp3) is 0.727. The number of aromatic nitrogens is 2. The topological polar surface area (TPSA) is 40.7 Å². The Balaban J connectivity index is 1.86. The Labute approximate surface area is 85.3 Å². The van der Waals surface area contributed by atoms with Crippen molar-refractivity contribution in [1.82, 2.24) is 15.5 Å². The number of nitrogens with one attached hydrogen (secondary N) is 2. The van der Waals surface area contributed by atoms with Crippen LogP contribution in [0.5, 0.6) is 0 Å². The molecule has 1 aliphatic carbocycles. The molecule has 0 aliphatic heterocycles. The van der Waals surface area contributed by atoms with Crippen molar-refractivity contribution in [2.24, 2.45) is 5.92 Å². The lowest BCUT2D eigenvalue weighted by atomic mass is 9.82. The largest absolute Gasteiger partial charge is 0.310 e. The number of nitrogens with zero attached hydrogens (tertiary/aromatic N) is 1. The summed E-state index contributed by atoms with van der Waals surface area (Å²) in [7, 11) is 0. The van der Waals surface area contributed by atoms with Crippen LogP contribution < -0.4 is 5.32 Å². The van der Waals surface area contributed by atoms with Crippen molar-refractivity contribution in [1.29, 1.82) is 0 Å². The van der Waals surface area contributed by atoms with Crippen molar-refractivity contribution < 1.29 is 0 Å². The summed E-state index contributed by atoms with van der Waals surface area (Å²) in [5, 5.41) is 10.8. The van der Waals surface area contributed by atoms with E-state index in [2.05, 4.69) is 36.3 Å². The van der Waals surface area contributed by atoms with E-state index >= 15 is 0 Å². The highest BCUT2D eigenvalue weighted by Gasteiger charge is 2.24. The smallest absolute Gasteiger partial charge is 0.0638 e. The lowest BCUT2D eigenvalue weighted by molar-refractivity contribution is 0.240. The molecule has 1 saturated carbocycles. The Morgan fingerprint density at radius 2 is 2.14 bits per heavy atom. The van der Waals surface area contributed by atoms with E-state index in [0.717, 1.165) is 24.2 Å². The van der Waals surface area contributed by atoms with E-state index in [0.29, 0.717) is 0 Å². The molecule has 1 aliphatic rings. The van der Waals surface area contributed by atoms with Crippen LogP contribution in [0.1, 0.15) is 36.7 Å². The molecule has 1 heterocycles. The molecule has 0 aromatic carbocycles. The highest BCUT2D eigenvalue weighted by atomic mass is 15.1. The van der Waals surface area contributed by atoms with E-state index < -0.39 is 0 Å². The number of H-pyrrole nitrogens is 1. The van der Waals surface area contributed by atoms with Crippen molar-refractivity contribution in [2.45, 2.75) is 46.2 Å². The Bertz CT molecular complexity index is 291. The molecule has 0 unspecified atom stereocenters. The summed E-state index contributed by atoms with van der Waals surface area (Å²) in [5.41, 5.74) is 3.66. The van der Waals surface area contributed by atoms with Crippen molar-refractivity contribution in [3.05, 3.63) is 17.0 Å². The van der Waals surface area contributed by atoms with Crippen LogP contribution in [0.15, 0.2) is 0 Å². The molecule has 78 valence electrons. The van der Waals surface area contributed by atoms with Crippen LogP contribution in [0.25, 0.3) is 0 Å². The molecule has 14 heavy (non-hydrogen) atoms. The maximum atomic E-state index is 4.19. The van der Waals surface area contributed by atoms with Gasteiger partial charge in [-0.05, 0) is 32.6 Å². The Kier molecular flexibility index (Phi) is 2.59. The van der Waals surface area contributed by atoms with Gasteiger partial charge in [-0.15, -0.1) is 0 Å². The molecule has 1 aromatic heterocycles. The van der Waals surface area contributed by atoms with E-state index in [-0.39, 0.29) is 0 Å². The molecular formula is C11H19N3. The first kappa shape index (κ1) is 9.71. The Hall–Kier alpha value is -0.830. The first-order chi connectivity index (χ1) is 6.66. The summed E-state index contributed by atoms with van der Waals surface area (Å²) in [6, 6.07) is 0.735. The minimum atomic E-state index is 0.735. The van der Waals surface area contributed by atoms with Crippen molar-refractivity contribution >= 4 is 0 Å². The molecule has 0 radical (unpaired) electrons. The summed E-state index contributed by atoms with van der Waals surface area (Å²) in [5.74, 6) is 0.916. The van der Waals surface area contributed by atoms with Gasteiger partial charge in [-0.3, -0.25) is 5.10 Å². The monoisotopic (exact) mass is 193 g/mol. The van der Waals surface area contributed by atoms with E-state index in [4.69, 9.17) is 0 Å². The molecule has 0 amide bonds. The zero-order chi connectivity index (χ0) is 10.1. The number of aromatic amines is 1. The molecule has 2 rings (SSSR count). The molecule has 3 nitrogen and oxygen atoms in total. The average Bonchev–Trinajstić information content (AvgIpc) is 2.40. The van der Waals surface area contributed by atoms with Crippen LogP contribution in [0.3, 0.4) is 0 Å². The van der Waals surface area contributed by atoms with Crippen LogP contribution in [0.4, 0.5) is 0 Å². The van der Waals surface area contributed by atoms with Crippen LogP contribution in [0, 0.1) is 19.8 Å². The summed E-state index contributed by atoms with van der Waals surface area (Å²) in [4.78, 5) is 0. The Morgan fingerprint density at radius 3 is 2.64 bits per heavy atom. The summed E-state index contributed by atoms with van der Waals surface area (Å²) < 4.78 is 0. The SMILES string of the molecule is Cc1n[nH]c(C)c1CNC1CC(C)C1. The number of hydrogen-bond acceptors (Lipinski definition) is 2. The van der Waals surface area contributed by atoms with Gasteiger partial charge in [-0.2, -0.15) is 5.10 Å². The van der Waals surface area contributed by atoms with E-state index in [1.54, 1.807) is 0 Å². The molecule has 1 fully saturated rings. The zero-order valence-electron chi connectivity index (χ0n) is 9.22. The first-order valence-corrected chi connectivity index (χ1v) is 5.40. The molecule has 0 saturated heterocycles. The third kappa shape index (κ3) is 1.82. The molecular weight excluding hydrogens is 174 g/mol. The second-order valence-electron chi connectivity index (χ2n) is 4.57. The minimum Gasteiger partial charge on any atom is -0.310 e. The lowest BCUT2D eigenvalue weighted by Gasteiger charge is -2.33. The van der Waals surface area contributed by atoms with Gasteiger partial charge in [0.2, 0.25) is 0 Å².